The summed E-state index contributed by atoms with van der Waals surface area (Å²) in [5.74, 6) is 0.392. The number of carbonyl (C=O) groups excluding carboxylic acids is 1. The lowest BCUT2D eigenvalue weighted by molar-refractivity contribution is -0.118. The molecule has 2 nitrogen and oxygen atoms in total. The molecule has 0 unspecified atom stereocenters. The molecule has 3 heteroatoms. The Morgan fingerprint density at radius 2 is 1.67 bits per heavy atom. The maximum Gasteiger partial charge on any atom is 0.191 e. The molecule has 18 heavy (non-hydrogen) atoms. The smallest absolute Gasteiger partial charge is 0.191 e. The van der Waals surface area contributed by atoms with E-state index in [-0.39, 0.29) is 10.5 Å². The van der Waals surface area contributed by atoms with Crippen molar-refractivity contribution in [1.82, 2.24) is 0 Å². The summed E-state index contributed by atoms with van der Waals surface area (Å²) < 4.78 is 6.14. The molecule has 0 fully saturated rings. The zero-order valence-electron chi connectivity index (χ0n) is 13.6. The molecule has 0 saturated heterocycles. The Balaban J connectivity index is 4.19. The van der Waals surface area contributed by atoms with Gasteiger partial charge in [0.1, 0.15) is 6.29 Å². The summed E-state index contributed by atoms with van der Waals surface area (Å²) in [4.78, 5) is 11.2. The van der Waals surface area contributed by atoms with Crippen molar-refractivity contribution < 1.29 is 9.22 Å². The largest absolute Gasteiger partial charge is 0.417 e. The molecule has 0 aromatic carbocycles. The van der Waals surface area contributed by atoms with E-state index in [0.717, 1.165) is 25.7 Å². The molecule has 0 radical (unpaired) electrons. The van der Waals surface area contributed by atoms with Crippen molar-refractivity contribution in [2.45, 2.75) is 72.5 Å². The van der Waals surface area contributed by atoms with Crippen LogP contribution in [0.15, 0.2) is 0 Å². The summed E-state index contributed by atoms with van der Waals surface area (Å²) in [6.07, 6.45) is 3.01. The first kappa shape index (κ1) is 17.8. The Bertz CT molecular complexity index is 266. The Morgan fingerprint density at radius 1 is 1.17 bits per heavy atom. The van der Waals surface area contributed by atoms with Crippen LogP contribution in [-0.4, -0.2) is 21.2 Å². The molecule has 0 rings (SSSR count). The molecule has 0 amide bonds. The highest BCUT2D eigenvalue weighted by atomic mass is 28.4. The van der Waals surface area contributed by atoms with E-state index in [1.807, 2.05) is 0 Å². The quantitative estimate of drug-likeness (QED) is 0.383. The van der Waals surface area contributed by atoms with Crippen LogP contribution >= 0.6 is 0 Å². The van der Waals surface area contributed by atoms with Gasteiger partial charge in [-0.1, -0.05) is 41.5 Å². The standard InChI is InChI=1S/C15H32O2Si/c1-13(2)15(6,12-16)10-9-11-17-18(7,8)14(3,4)5/h12-13H,9-11H2,1-8H3/t15-/m0/s1. The third-order valence-corrected chi connectivity index (χ3v) is 9.26. The lowest BCUT2D eigenvalue weighted by Gasteiger charge is -2.36. The fourth-order valence-corrected chi connectivity index (χ4v) is 2.57. The molecule has 0 aromatic heterocycles. The number of aldehydes is 1. The molecular formula is C15H32O2Si. The highest BCUT2D eigenvalue weighted by Gasteiger charge is 2.37. The van der Waals surface area contributed by atoms with Crippen LogP contribution in [0.25, 0.3) is 0 Å². The van der Waals surface area contributed by atoms with Gasteiger partial charge in [0.25, 0.3) is 0 Å². The molecule has 108 valence electrons. The molecular weight excluding hydrogens is 240 g/mol. The number of hydrogen-bond donors (Lipinski definition) is 0. The Hall–Kier alpha value is -0.153. The average Bonchev–Trinajstić information content (AvgIpc) is 2.22. The van der Waals surface area contributed by atoms with Crippen LogP contribution in [0.1, 0.15) is 54.4 Å². The lowest BCUT2D eigenvalue weighted by Crippen LogP contribution is -2.41. The van der Waals surface area contributed by atoms with E-state index >= 15 is 0 Å². The number of carbonyl (C=O) groups is 1. The van der Waals surface area contributed by atoms with Crippen LogP contribution < -0.4 is 0 Å². The fourth-order valence-electron chi connectivity index (χ4n) is 1.48. The van der Waals surface area contributed by atoms with Gasteiger partial charge in [0.05, 0.1) is 0 Å². The minimum atomic E-state index is -1.63. The van der Waals surface area contributed by atoms with Crippen LogP contribution in [0, 0.1) is 11.3 Å². The minimum absolute atomic E-state index is 0.198. The van der Waals surface area contributed by atoms with Gasteiger partial charge in [-0.15, -0.1) is 0 Å². The summed E-state index contributed by atoms with van der Waals surface area (Å²) >= 11 is 0. The third-order valence-electron chi connectivity index (χ3n) is 4.72. The minimum Gasteiger partial charge on any atom is -0.417 e. The molecule has 0 spiro atoms. The number of hydrogen-bond acceptors (Lipinski definition) is 2. The molecule has 0 aromatic rings. The predicted octanol–water partition coefficient (Wildman–Crippen LogP) is 4.65. The van der Waals surface area contributed by atoms with Crippen LogP contribution in [0.4, 0.5) is 0 Å². The van der Waals surface area contributed by atoms with Gasteiger partial charge in [-0.05, 0) is 36.9 Å². The first-order valence-corrected chi connectivity index (χ1v) is 9.97. The summed E-state index contributed by atoms with van der Waals surface area (Å²) in [6.45, 7) is 18.4. The summed E-state index contributed by atoms with van der Waals surface area (Å²) in [7, 11) is -1.63. The number of rotatable bonds is 7. The maximum absolute atomic E-state index is 11.2. The second-order valence-corrected chi connectivity index (χ2v) is 12.3. The van der Waals surface area contributed by atoms with Gasteiger partial charge in [0.15, 0.2) is 8.32 Å². The Morgan fingerprint density at radius 3 is 2.00 bits per heavy atom. The topological polar surface area (TPSA) is 26.3 Å². The van der Waals surface area contributed by atoms with Crippen molar-refractivity contribution in [2.75, 3.05) is 6.61 Å². The summed E-state index contributed by atoms with van der Waals surface area (Å²) in [6, 6.07) is 0. The molecule has 0 saturated carbocycles. The lowest BCUT2D eigenvalue weighted by atomic mass is 9.77. The van der Waals surface area contributed by atoms with E-state index in [9.17, 15) is 4.79 Å². The first-order chi connectivity index (χ1) is 7.96. The molecule has 0 N–H and O–H groups in total. The van der Waals surface area contributed by atoms with Gasteiger partial charge in [0.2, 0.25) is 0 Å². The highest BCUT2D eigenvalue weighted by Crippen LogP contribution is 2.37. The average molecular weight is 273 g/mol. The first-order valence-electron chi connectivity index (χ1n) is 7.06. The van der Waals surface area contributed by atoms with Crippen LogP contribution in [-0.2, 0) is 9.22 Å². The second kappa shape index (κ2) is 6.33. The van der Waals surface area contributed by atoms with Crippen molar-refractivity contribution in [3.05, 3.63) is 0 Å². The molecule has 0 aliphatic heterocycles. The fraction of sp³-hybridized carbons (Fsp3) is 0.933. The Labute approximate surface area is 115 Å². The summed E-state index contributed by atoms with van der Waals surface area (Å²) in [5.41, 5.74) is -0.198. The van der Waals surface area contributed by atoms with Crippen molar-refractivity contribution in [3.8, 4) is 0 Å². The van der Waals surface area contributed by atoms with E-state index in [2.05, 4.69) is 54.6 Å². The third kappa shape index (κ3) is 4.85. The summed E-state index contributed by atoms with van der Waals surface area (Å²) in [5, 5.41) is 0.263. The van der Waals surface area contributed by atoms with Crippen LogP contribution in [0.2, 0.25) is 18.1 Å². The van der Waals surface area contributed by atoms with E-state index in [0.29, 0.717) is 5.92 Å². The van der Waals surface area contributed by atoms with E-state index < -0.39 is 8.32 Å². The van der Waals surface area contributed by atoms with Gasteiger partial charge in [0, 0.05) is 12.0 Å². The molecule has 0 aliphatic carbocycles. The monoisotopic (exact) mass is 272 g/mol. The zero-order chi connectivity index (χ0) is 14.6. The van der Waals surface area contributed by atoms with Gasteiger partial charge < -0.3 is 9.22 Å². The second-order valence-electron chi connectivity index (χ2n) is 7.49. The zero-order valence-corrected chi connectivity index (χ0v) is 14.6. The van der Waals surface area contributed by atoms with Crippen LogP contribution in [0.5, 0.6) is 0 Å². The van der Waals surface area contributed by atoms with Gasteiger partial charge >= 0.3 is 0 Å². The van der Waals surface area contributed by atoms with E-state index in [1.54, 1.807) is 0 Å². The maximum atomic E-state index is 11.2. The van der Waals surface area contributed by atoms with Crippen LogP contribution in [0.3, 0.4) is 0 Å². The van der Waals surface area contributed by atoms with E-state index in [1.165, 1.54) is 0 Å². The molecule has 0 aliphatic rings. The van der Waals surface area contributed by atoms with Crippen molar-refractivity contribution >= 4 is 14.6 Å². The molecule has 0 heterocycles. The van der Waals surface area contributed by atoms with Gasteiger partial charge in [-0.25, -0.2) is 0 Å². The van der Waals surface area contributed by atoms with Gasteiger partial charge in [-0.2, -0.15) is 0 Å². The highest BCUT2D eigenvalue weighted by molar-refractivity contribution is 6.74. The predicted molar refractivity (Wildman–Crippen MR) is 81.4 cm³/mol. The van der Waals surface area contributed by atoms with Crippen molar-refractivity contribution in [2.24, 2.45) is 11.3 Å². The normalized spacial score (nSPS) is 16.7. The molecule has 0 bridgehead atoms. The molecule has 1 atom stereocenters. The van der Waals surface area contributed by atoms with Gasteiger partial charge in [-0.3, -0.25) is 0 Å². The Kier molecular flexibility index (Phi) is 6.28. The van der Waals surface area contributed by atoms with Crippen molar-refractivity contribution in [3.63, 3.8) is 0 Å². The van der Waals surface area contributed by atoms with Crippen molar-refractivity contribution in [1.29, 1.82) is 0 Å². The van der Waals surface area contributed by atoms with E-state index in [4.69, 9.17) is 4.43 Å². The SMILES string of the molecule is CC(C)[C@](C)(C=O)CCCO[Si](C)(C)C(C)(C)C.